The Morgan fingerprint density at radius 1 is 1.26 bits per heavy atom. The predicted octanol–water partition coefficient (Wildman–Crippen LogP) is 0.927. The van der Waals surface area contributed by atoms with Crippen LogP contribution in [0.15, 0.2) is 0 Å². The minimum Gasteiger partial charge on any atom is -0.337 e. The van der Waals surface area contributed by atoms with Crippen molar-refractivity contribution in [3.8, 4) is 0 Å². The predicted molar refractivity (Wildman–Crippen MR) is 75.9 cm³/mol. The summed E-state index contributed by atoms with van der Waals surface area (Å²) >= 11 is 0. The quantitative estimate of drug-likeness (QED) is 0.824. The fourth-order valence-electron chi connectivity index (χ4n) is 4.37. The molecule has 108 valence electrons. The largest absolute Gasteiger partial charge is 0.337 e. The number of fused-ring (bicyclic) bond motifs is 1. The van der Waals surface area contributed by atoms with Crippen LogP contribution in [0.25, 0.3) is 0 Å². The summed E-state index contributed by atoms with van der Waals surface area (Å²) in [6.07, 6.45) is 6.24. The summed E-state index contributed by atoms with van der Waals surface area (Å²) in [5, 5.41) is 3.50. The van der Waals surface area contributed by atoms with Crippen LogP contribution in [-0.2, 0) is 4.79 Å². The van der Waals surface area contributed by atoms with Gasteiger partial charge in [-0.3, -0.25) is 4.79 Å². The Balaban J connectivity index is 1.66. The van der Waals surface area contributed by atoms with E-state index >= 15 is 0 Å². The maximum absolute atomic E-state index is 12.8. The van der Waals surface area contributed by atoms with Gasteiger partial charge in [-0.05, 0) is 58.2 Å². The molecule has 3 fully saturated rings. The Bertz CT molecular complexity index is 344. The molecular formula is C15H27N3O. The number of hydrogen-bond donors (Lipinski definition) is 1. The molecule has 4 nitrogen and oxygen atoms in total. The van der Waals surface area contributed by atoms with Crippen molar-refractivity contribution in [2.45, 2.75) is 44.2 Å². The van der Waals surface area contributed by atoms with E-state index in [9.17, 15) is 4.79 Å². The second-order valence-corrected chi connectivity index (χ2v) is 6.83. The Kier molecular flexibility index (Phi) is 3.81. The van der Waals surface area contributed by atoms with E-state index in [4.69, 9.17) is 0 Å². The van der Waals surface area contributed by atoms with Crippen molar-refractivity contribution >= 4 is 5.91 Å². The zero-order valence-corrected chi connectivity index (χ0v) is 12.3. The summed E-state index contributed by atoms with van der Waals surface area (Å²) in [7, 11) is 4.20. The average Bonchev–Trinajstić information content (AvgIpc) is 3.01. The summed E-state index contributed by atoms with van der Waals surface area (Å²) in [5.41, 5.74) is 0. The molecule has 1 N–H and O–H groups in total. The van der Waals surface area contributed by atoms with Gasteiger partial charge in [0.2, 0.25) is 5.91 Å². The van der Waals surface area contributed by atoms with E-state index in [0.29, 0.717) is 17.9 Å². The van der Waals surface area contributed by atoms with Crippen molar-refractivity contribution < 1.29 is 4.79 Å². The van der Waals surface area contributed by atoms with Gasteiger partial charge in [0.15, 0.2) is 0 Å². The lowest BCUT2D eigenvalue weighted by Gasteiger charge is -2.31. The molecule has 3 aliphatic rings. The molecule has 4 unspecified atom stereocenters. The van der Waals surface area contributed by atoms with Gasteiger partial charge in [-0.1, -0.05) is 6.42 Å². The van der Waals surface area contributed by atoms with Crippen molar-refractivity contribution in [2.24, 2.45) is 11.8 Å². The summed E-state index contributed by atoms with van der Waals surface area (Å²) in [6, 6.07) is 0.556. The van der Waals surface area contributed by atoms with E-state index in [2.05, 4.69) is 29.2 Å². The Morgan fingerprint density at radius 2 is 2.11 bits per heavy atom. The normalized spacial score (nSPS) is 38.2. The Labute approximate surface area is 116 Å². The fourth-order valence-corrected chi connectivity index (χ4v) is 4.37. The third-order valence-corrected chi connectivity index (χ3v) is 5.25. The first-order valence-corrected chi connectivity index (χ1v) is 7.85. The molecule has 0 aromatic rings. The second kappa shape index (κ2) is 5.41. The summed E-state index contributed by atoms with van der Waals surface area (Å²) in [5.74, 6) is 1.77. The highest BCUT2D eigenvalue weighted by atomic mass is 16.2. The third-order valence-electron chi connectivity index (χ3n) is 5.25. The minimum absolute atomic E-state index is 0.121. The molecular weight excluding hydrogens is 238 g/mol. The van der Waals surface area contributed by atoms with Gasteiger partial charge in [0.25, 0.3) is 0 Å². The van der Waals surface area contributed by atoms with E-state index < -0.39 is 0 Å². The number of likely N-dealkylation sites (N-methyl/N-ethyl adjacent to an activating group) is 1. The molecule has 1 amide bonds. The van der Waals surface area contributed by atoms with Crippen LogP contribution >= 0.6 is 0 Å². The highest BCUT2D eigenvalue weighted by molar-refractivity contribution is 5.83. The van der Waals surface area contributed by atoms with Crippen molar-refractivity contribution in [3.05, 3.63) is 0 Å². The standard InChI is InChI=1S/C15H27N3O/c1-17(2)10-12-6-4-8-18(12)15(19)14-13-7-3-5-11(13)9-16-14/h11-14,16H,3-10H2,1-2H3. The molecule has 0 aromatic heterocycles. The molecule has 4 heteroatoms. The number of rotatable bonds is 3. The molecule has 3 rings (SSSR count). The van der Waals surface area contributed by atoms with Gasteiger partial charge in [0.05, 0.1) is 6.04 Å². The molecule has 2 saturated heterocycles. The molecule has 1 aliphatic carbocycles. The van der Waals surface area contributed by atoms with Crippen LogP contribution in [0.5, 0.6) is 0 Å². The van der Waals surface area contributed by atoms with E-state index in [1.807, 2.05) is 0 Å². The van der Waals surface area contributed by atoms with Gasteiger partial charge >= 0.3 is 0 Å². The lowest BCUT2D eigenvalue weighted by Crippen LogP contribution is -2.50. The molecule has 0 spiro atoms. The fraction of sp³-hybridized carbons (Fsp3) is 0.933. The molecule has 1 saturated carbocycles. The number of nitrogens with zero attached hydrogens (tertiary/aromatic N) is 2. The number of likely N-dealkylation sites (tertiary alicyclic amines) is 1. The van der Waals surface area contributed by atoms with Gasteiger partial charge in [-0.15, -0.1) is 0 Å². The average molecular weight is 265 g/mol. The van der Waals surface area contributed by atoms with Gasteiger partial charge in [0.1, 0.15) is 0 Å². The first-order valence-electron chi connectivity index (χ1n) is 7.85. The summed E-state index contributed by atoms with van der Waals surface area (Å²) in [6.45, 7) is 3.03. The lowest BCUT2D eigenvalue weighted by atomic mass is 9.93. The topological polar surface area (TPSA) is 35.6 Å². The van der Waals surface area contributed by atoms with Crippen LogP contribution < -0.4 is 5.32 Å². The van der Waals surface area contributed by atoms with Crippen molar-refractivity contribution in [3.63, 3.8) is 0 Å². The first-order chi connectivity index (χ1) is 9.16. The maximum Gasteiger partial charge on any atom is 0.240 e. The summed E-state index contributed by atoms with van der Waals surface area (Å²) < 4.78 is 0. The molecule has 0 aromatic carbocycles. The van der Waals surface area contributed by atoms with E-state index in [1.165, 1.54) is 32.1 Å². The number of nitrogens with one attached hydrogen (secondary N) is 1. The van der Waals surface area contributed by atoms with Crippen LogP contribution in [0.4, 0.5) is 0 Å². The zero-order valence-electron chi connectivity index (χ0n) is 12.3. The molecule has 2 aliphatic heterocycles. The van der Waals surface area contributed by atoms with E-state index in [0.717, 1.165) is 25.6 Å². The first kappa shape index (κ1) is 13.4. The summed E-state index contributed by atoms with van der Waals surface area (Å²) in [4.78, 5) is 17.2. The van der Waals surface area contributed by atoms with Crippen molar-refractivity contribution in [1.82, 2.24) is 15.1 Å². The zero-order chi connectivity index (χ0) is 13.4. The number of amides is 1. The third kappa shape index (κ3) is 2.52. The smallest absolute Gasteiger partial charge is 0.240 e. The number of carbonyl (C=O) groups is 1. The van der Waals surface area contributed by atoms with Crippen LogP contribution in [0, 0.1) is 11.8 Å². The molecule has 2 heterocycles. The number of hydrogen-bond acceptors (Lipinski definition) is 3. The van der Waals surface area contributed by atoms with Crippen LogP contribution in [0.3, 0.4) is 0 Å². The van der Waals surface area contributed by atoms with Crippen molar-refractivity contribution in [1.29, 1.82) is 0 Å². The minimum atomic E-state index is 0.121. The number of carbonyl (C=O) groups excluding carboxylic acids is 1. The monoisotopic (exact) mass is 265 g/mol. The van der Waals surface area contributed by atoms with Gasteiger partial charge < -0.3 is 15.1 Å². The molecule has 19 heavy (non-hydrogen) atoms. The highest BCUT2D eigenvalue weighted by Crippen LogP contribution is 2.38. The van der Waals surface area contributed by atoms with Crippen LogP contribution in [0.2, 0.25) is 0 Å². The Hall–Kier alpha value is -0.610. The highest BCUT2D eigenvalue weighted by Gasteiger charge is 2.45. The van der Waals surface area contributed by atoms with Gasteiger partial charge in [-0.2, -0.15) is 0 Å². The van der Waals surface area contributed by atoms with E-state index in [1.54, 1.807) is 0 Å². The molecule has 0 bridgehead atoms. The van der Waals surface area contributed by atoms with Crippen LogP contribution in [0.1, 0.15) is 32.1 Å². The Morgan fingerprint density at radius 3 is 2.89 bits per heavy atom. The lowest BCUT2D eigenvalue weighted by molar-refractivity contribution is -0.135. The van der Waals surface area contributed by atoms with Gasteiger partial charge in [0, 0.05) is 19.1 Å². The molecule has 4 atom stereocenters. The second-order valence-electron chi connectivity index (χ2n) is 6.83. The van der Waals surface area contributed by atoms with Gasteiger partial charge in [-0.25, -0.2) is 0 Å². The van der Waals surface area contributed by atoms with Crippen LogP contribution in [-0.4, -0.2) is 61.5 Å². The van der Waals surface area contributed by atoms with E-state index in [-0.39, 0.29) is 6.04 Å². The maximum atomic E-state index is 12.8. The SMILES string of the molecule is CN(C)CC1CCCN1C(=O)C1NCC2CCCC21. The van der Waals surface area contributed by atoms with Crippen molar-refractivity contribution in [2.75, 3.05) is 33.7 Å². The molecule has 0 radical (unpaired) electrons.